The molecule has 0 saturated heterocycles. The molecule has 0 atom stereocenters. The lowest BCUT2D eigenvalue weighted by molar-refractivity contribution is 0.0955. The first-order valence-corrected chi connectivity index (χ1v) is 6.64. The summed E-state index contributed by atoms with van der Waals surface area (Å²) in [4.78, 5) is 23.7. The number of nitrogens with one attached hydrogen (secondary N) is 4. The van der Waals surface area contributed by atoms with Gasteiger partial charge in [-0.05, 0) is 33.0 Å². The summed E-state index contributed by atoms with van der Waals surface area (Å²) >= 11 is 0. The molecule has 0 aliphatic heterocycles. The quantitative estimate of drug-likeness (QED) is 0.602. The van der Waals surface area contributed by atoms with Gasteiger partial charge >= 0.3 is 6.03 Å². The zero-order valence-electron chi connectivity index (χ0n) is 12.5. The van der Waals surface area contributed by atoms with Crippen molar-refractivity contribution < 1.29 is 9.59 Å². The number of hydrogen-bond donors (Lipinski definition) is 4. The van der Waals surface area contributed by atoms with Crippen LogP contribution in [0.5, 0.6) is 0 Å². The molecule has 0 unspecified atom stereocenters. The minimum absolute atomic E-state index is 0. The van der Waals surface area contributed by atoms with Crippen LogP contribution in [0.15, 0.2) is 24.3 Å². The second-order valence-corrected chi connectivity index (χ2v) is 4.66. The zero-order chi connectivity index (χ0) is 15.0. The van der Waals surface area contributed by atoms with Gasteiger partial charge in [0, 0.05) is 19.1 Å². The standard InChI is InChI=1S/C14H22N4O2.ClH/c1-10(2)17-14(20)18-12-7-5-4-6-11(12)13(19)16-9-8-15-3;/h4-7,10,15H,8-9H2,1-3H3,(H,16,19)(H2,17,18,20);1H. The van der Waals surface area contributed by atoms with Crippen LogP contribution in [0.25, 0.3) is 0 Å². The smallest absolute Gasteiger partial charge is 0.319 e. The second kappa shape index (κ2) is 10.0. The van der Waals surface area contributed by atoms with Gasteiger partial charge in [-0.3, -0.25) is 4.79 Å². The van der Waals surface area contributed by atoms with Crippen LogP contribution < -0.4 is 21.3 Å². The third kappa shape index (κ3) is 6.97. The van der Waals surface area contributed by atoms with Crippen molar-refractivity contribution in [3.05, 3.63) is 29.8 Å². The fourth-order valence-corrected chi connectivity index (χ4v) is 1.61. The van der Waals surface area contributed by atoms with Crippen molar-refractivity contribution >= 4 is 30.0 Å². The summed E-state index contributed by atoms with van der Waals surface area (Å²) in [5.41, 5.74) is 0.940. The number of hydrogen-bond acceptors (Lipinski definition) is 3. The van der Waals surface area contributed by atoms with E-state index >= 15 is 0 Å². The Bertz CT molecular complexity index is 466. The van der Waals surface area contributed by atoms with Gasteiger partial charge in [-0.15, -0.1) is 12.4 Å². The van der Waals surface area contributed by atoms with Gasteiger partial charge in [-0.1, -0.05) is 12.1 Å². The van der Waals surface area contributed by atoms with Gasteiger partial charge in [0.1, 0.15) is 0 Å². The van der Waals surface area contributed by atoms with E-state index in [1.54, 1.807) is 24.3 Å². The van der Waals surface area contributed by atoms with Gasteiger partial charge in [0.2, 0.25) is 0 Å². The Balaban J connectivity index is 0.00000400. The average molecular weight is 315 g/mol. The van der Waals surface area contributed by atoms with Crippen molar-refractivity contribution in [2.75, 3.05) is 25.5 Å². The lowest BCUT2D eigenvalue weighted by Crippen LogP contribution is -2.35. The summed E-state index contributed by atoms with van der Waals surface area (Å²) in [6.07, 6.45) is 0. The van der Waals surface area contributed by atoms with E-state index in [9.17, 15) is 9.59 Å². The van der Waals surface area contributed by atoms with Gasteiger partial charge in [0.05, 0.1) is 11.3 Å². The maximum Gasteiger partial charge on any atom is 0.319 e. The largest absolute Gasteiger partial charge is 0.351 e. The predicted octanol–water partition coefficient (Wildman–Crippen LogP) is 1.59. The van der Waals surface area contributed by atoms with Crippen molar-refractivity contribution in [3.63, 3.8) is 0 Å². The second-order valence-electron chi connectivity index (χ2n) is 4.66. The highest BCUT2D eigenvalue weighted by atomic mass is 35.5. The lowest BCUT2D eigenvalue weighted by Gasteiger charge is -2.13. The van der Waals surface area contributed by atoms with Gasteiger partial charge < -0.3 is 21.3 Å². The molecule has 0 fully saturated rings. The Morgan fingerprint density at radius 3 is 2.43 bits per heavy atom. The molecule has 6 nitrogen and oxygen atoms in total. The number of rotatable bonds is 6. The van der Waals surface area contributed by atoms with Crippen molar-refractivity contribution in [2.24, 2.45) is 0 Å². The fourth-order valence-electron chi connectivity index (χ4n) is 1.61. The first kappa shape index (κ1) is 19.2. The first-order chi connectivity index (χ1) is 9.54. The van der Waals surface area contributed by atoms with Gasteiger partial charge in [-0.25, -0.2) is 4.79 Å². The number of likely N-dealkylation sites (N-methyl/N-ethyl adjacent to an activating group) is 1. The summed E-state index contributed by atoms with van der Waals surface area (Å²) < 4.78 is 0. The van der Waals surface area contributed by atoms with Crippen LogP contribution in [0.2, 0.25) is 0 Å². The molecule has 0 aromatic heterocycles. The molecule has 4 N–H and O–H groups in total. The molecule has 1 aromatic carbocycles. The topological polar surface area (TPSA) is 82.3 Å². The molecule has 0 heterocycles. The highest BCUT2D eigenvalue weighted by molar-refractivity contribution is 6.03. The predicted molar refractivity (Wildman–Crippen MR) is 87.2 cm³/mol. The highest BCUT2D eigenvalue weighted by Gasteiger charge is 2.12. The fraction of sp³-hybridized carbons (Fsp3) is 0.429. The van der Waals surface area contributed by atoms with E-state index in [0.29, 0.717) is 24.3 Å². The Kier molecular flexibility index (Phi) is 9.16. The molecule has 7 heteroatoms. The van der Waals surface area contributed by atoms with Crippen LogP contribution in [-0.4, -0.2) is 38.1 Å². The van der Waals surface area contributed by atoms with Gasteiger partial charge in [0.25, 0.3) is 5.91 Å². The number of carbonyl (C=O) groups excluding carboxylic acids is 2. The third-order valence-electron chi connectivity index (χ3n) is 2.50. The summed E-state index contributed by atoms with van der Waals surface area (Å²) in [6.45, 7) is 4.96. The summed E-state index contributed by atoms with van der Waals surface area (Å²) in [5.74, 6) is -0.208. The number of carbonyl (C=O) groups is 2. The normalized spacial score (nSPS) is 9.71. The first-order valence-electron chi connectivity index (χ1n) is 6.64. The van der Waals surface area contributed by atoms with Crippen molar-refractivity contribution in [3.8, 4) is 0 Å². The molecule has 0 aliphatic rings. The third-order valence-corrected chi connectivity index (χ3v) is 2.50. The Labute approximate surface area is 131 Å². The summed E-state index contributed by atoms with van der Waals surface area (Å²) in [5, 5.41) is 11.1. The van der Waals surface area contributed by atoms with E-state index in [1.165, 1.54) is 0 Å². The highest BCUT2D eigenvalue weighted by Crippen LogP contribution is 2.14. The zero-order valence-corrected chi connectivity index (χ0v) is 13.3. The van der Waals surface area contributed by atoms with Crippen molar-refractivity contribution in [2.45, 2.75) is 19.9 Å². The number of amides is 3. The van der Waals surface area contributed by atoms with Crippen LogP contribution in [0, 0.1) is 0 Å². The average Bonchev–Trinajstić information content (AvgIpc) is 2.38. The van der Waals surface area contributed by atoms with Crippen LogP contribution in [-0.2, 0) is 0 Å². The van der Waals surface area contributed by atoms with Gasteiger partial charge in [0.15, 0.2) is 0 Å². The molecular weight excluding hydrogens is 292 g/mol. The molecule has 0 saturated carbocycles. The van der Waals surface area contributed by atoms with Crippen LogP contribution in [0.4, 0.5) is 10.5 Å². The van der Waals surface area contributed by atoms with Gasteiger partial charge in [-0.2, -0.15) is 0 Å². The minimum Gasteiger partial charge on any atom is -0.351 e. The van der Waals surface area contributed by atoms with E-state index in [0.717, 1.165) is 0 Å². The van der Waals surface area contributed by atoms with Crippen molar-refractivity contribution in [1.82, 2.24) is 16.0 Å². The summed E-state index contributed by atoms with van der Waals surface area (Å²) in [7, 11) is 1.82. The Morgan fingerprint density at radius 2 is 1.81 bits per heavy atom. The molecule has 1 aromatic rings. The van der Waals surface area contributed by atoms with E-state index in [1.807, 2.05) is 20.9 Å². The molecule has 1 rings (SSSR count). The molecule has 0 aliphatic carbocycles. The van der Waals surface area contributed by atoms with Crippen LogP contribution >= 0.6 is 12.4 Å². The Hall–Kier alpha value is -1.79. The number of halogens is 1. The molecule has 3 amide bonds. The molecule has 0 spiro atoms. The molecule has 118 valence electrons. The van der Waals surface area contributed by atoms with E-state index < -0.39 is 0 Å². The van der Waals surface area contributed by atoms with Crippen LogP contribution in [0.3, 0.4) is 0 Å². The summed E-state index contributed by atoms with van der Waals surface area (Å²) in [6, 6.07) is 6.63. The Morgan fingerprint density at radius 1 is 1.14 bits per heavy atom. The number of para-hydroxylation sites is 1. The lowest BCUT2D eigenvalue weighted by atomic mass is 10.1. The molecule has 21 heavy (non-hydrogen) atoms. The SMILES string of the molecule is CNCCNC(=O)c1ccccc1NC(=O)NC(C)C.Cl. The molecule has 0 radical (unpaired) electrons. The molecular formula is C14H23ClN4O2. The molecule has 0 bridgehead atoms. The monoisotopic (exact) mass is 314 g/mol. The van der Waals surface area contributed by atoms with Crippen LogP contribution in [0.1, 0.15) is 24.2 Å². The van der Waals surface area contributed by atoms with E-state index in [-0.39, 0.29) is 30.4 Å². The maximum atomic E-state index is 12.0. The number of anilines is 1. The van der Waals surface area contributed by atoms with E-state index in [2.05, 4.69) is 21.3 Å². The van der Waals surface area contributed by atoms with Crippen molar-refractivity contribution in [1.29, 1.82) is 0 Å². The number of urea groups is 1. The maximum absolute atomic E-state index is 12.0. The number of benzene rings is 1. The minimum atomic E-state index is -0.324. The van der Waals surface area contributed by atoms with E-state index in [4.69, 9.17) is 0 Å².